The molecule has 13 atom stereocenters. The molecule has 3 saturated carbocycles. The monoisotopic (exact) mass is 978 g/mol. The number of esters is 2. The molecule has 4 aliphatic carbocycles. The van der Waals surface area contributed by atoms with E-state index in [4.69, 9.17) is 9.47 Å². The third-order valence-corrected chi connectivity index (χ3v) is 16.4. The fourth-order valence-corrected chi connectivity index (χ4v) is 12.9. The molecule has 7 rings (SSSR count). The number of benzene rings is 2. The molecule has 16 heteroatoms. The molecule has 1 saturated heterocycles. The Labute approximate surface area is 415 Å². The summed E-state index contributed by atoms with van der Waals surface area (Å²) >= 11 is 0. The number of aliphatic hydroxyl groups excluding tert-OH is 2. The molecule has 2 aromatic carbocycles. The van der Waals surface area contributed by atoms with Crippen LogP contribution in [0.2, 0.25) is 0 Å². The smallest absolute Gasteiger partial charge is 0.331 e. The standard InChI is InChI=1S/C55H70N4O12/c1-9-42(62)71-55(25-23-38-37-27-31(4)39-28-36(60)22-24-53(39,7)44(37)41(61)29-54(38,55)8)46(63)52(69)70-51(68)45(30(2)3)58-48(65)40-21-16-26-59(40)50(67)33(6)57-47(64)32(5)56-49(66)43(34-17-12-10-13-18-34)35-19-14-11-15-20-35/h10-15,17-20,22,24,28,30-33,37-38,40-41,43-45,52,61,69H,9,16,21,23,25-27,29H2,1-8H3,(H,56,66)(H,57,64)(H,58,65)/t31-,32-,33-,37-,38-,40-,41-,44+,45-,52?,53-,54-,55-/m0/s1. The van der Waals surface area contributed by atoms with Crippen molar-refractivity contribution < 1.29 is 58.0 Å². The predicted octanol–water partition coefficient (Wildman–Crippen LogP) is 4.61. The van der Waals surface area contributed by atoms with E-state index >= 15 is 0 Å². The number of ketones is 2. The number of rotatable bonds is 16. The first-order valence-electron chi connectivity index (χ1n) is 25.2. The van der Waals surface area contributed by atoms with Crippen molar-refractivity contribution in [3.8, 4) is 0 Å². The van der Waals surface area contributed by atoms with Crippen LogP contribution in [0.1, 0.15) is 117 Å². The topological polar surface area (TPSA) is 235 Å². The minimum absolute atomic E-state index is 0.0106. The van der Waals surface area contributed by atoms with Crippen LogP contribution in [0, 0.1) is 40.4 Å². The highest BCUT2D eigenvalue weighted by atomic mass is 16.6. The molecule has 4 fully saturated rings. The van der Waals surface area contributed by atoms with Gasteiger partial charge < -0.3 is 40.5 Å². The van der Waals surface area contributed by atoms with Crippen LogP contribution in [0.25, 0.3) is 0 Å². The zero-order valence-corrected chi connectivity index (χ0v) is 42.0. The van der Waals surface area contributed by atoms with Gasteiger partial charge in [-0.1, -0.05) is 114 Å². The van der Waals surface area contributed by atoms with Crippen molar-refractivity contribution in [2.24, 2.45) is 40.4 Å². The van der Waals surface area contributed by atoms with Crippen LogP contribution in [-0.4, -0.2) is 111 Å². The number of carbonyl (C=O) groups excluding carboxylic acids is 8. The molecule has 71 heavy (non-hydrogen) atoms. The van der Waals surface area contributed by atoms with Gasteiger partial charge in [-0.05, 0) is 99.3 Å². The number of likely N-dealkylation sites (tertiary alicyclic amines) is 1. The molecule has 1 aliphatic heterocycles. The summed E-state index contributed by atoms with van der Waals surface area (Å²) in [5.74, 6) is -7.27. The molecule has 0 spiro atoms. The van der Waals surface area contributed by atoms with E-state index in [-0.39, 0.29) is 61.7 Å². The summed E-state index contributed by atoms with van der Waals surface area (Å²) in [6.45, 7) is 13.9. The molecule has 0 bridgehead atoms. The van der Waals surface area contributed by atoms with E-state index in [1.54, 1.807) is 33.8 Å². The van der Waals surface area contributed by atoms with Crippen molar-refractivity contribution in [1.29, 1.82) is 0 Å². The fraction of sp³-hybridized carbons (Fsp3) is 0.564. The molecule has 0 aromatic heterocycles. The summed E-state index contributed by atoms with van der Waals surface area (Å²) < 4.78 is 11.6. The van der Waals surface area contributed by atoms with E-state index in [2.05, 4.69) is 16.0 Å². The number of allylic oxidation sites excluding steroid dienone is 4. The summed E-state index contributed by atoms with van der Waals surface area (Å²) in [7, 11) is 0. The number of hydrogen-bond donors (Lipinski definition) is 5. The van der Waals surface area contributed by atoms with E-state index in [0.29, 0.717) is 19.3 Å². The van der Waals surface area contributed by atoms with Crippen molar-refractivity contribution in [3.63, 3.8) is 0 Å². The van der Waals surface area contributed by atoms with Gasteiger partial charge in [0.1, 0.15) is 24.2 Å². The Morgan fingerprint density at radius 3 is 2.08 bits per heavy atom. The van der Waals surface area contributed by atoms with Crippen LogP contribution < -0.4 is 16.0 Å². The summed E-state index contributed by atoms with van der Waals surface area (Å²) in [4.78, 5) is 111. The zero-order chi connectivity index (χ0) is 51.7. The molecular weight excluding hydrogens is 909 g/mol. The van der Waals surface area contributed by atoms with Gasteiger partial charge >= 0.3 is 11.9 Å². The van der Waals surface area contributed by atoms with Gasteiger partial charge in [-0.15, -0.1) is 0 Å². The largest absolute Gasteiger partial charge is 0.450 e. The van der Waals surface area contributed by atoms with E-state index in [1.807, 2.05) is 80.6 Å². The maximum absolute atomic E-state index is 14.8. The molecule has 382 valence electrons. The number of hydrogen-bond acceptors (Lipinski definition) is 12. The maximum atomic E-state index is 14.8. The maximum Gasteiger partial charge on any atom is 0.331 e. The lowest BCUT2D eigenvalue weighted by molar-refractivity contribution is -0.215. The fourth-order valence-electron chi connectivity index (χ4n) is 12.9. The van der Waals surface area contributed by atoms with Gasteiger partial charge in [-0.2, -0.15) is 0 Å². The first kappa shape index (κ1) is 52.8. The highest BCUT2D eigenvalue weighted by Crippen LogP contribution is 2.68. The Morgan fingerprint density at radius 1 is 0.859 bits per heavy atom. The van der Waals surface area contributed by atoms with E-state index in [0.717, 1.165) is 16.7 Å². The van der Waals surface area contributed by atoms with Crippen LogP contribution >= 0.6 is 0 Å². The summed E-state index contributed by atoms with van der Waals surface area (Å²) in [6.07, 6.45) is 3.37. The van der Waals surface area contributed by atoms with Gasteiger partial charge in [-0.3, -0.25) is 33.6 Å². The Bertz CT molecular complexity index is 2420. The lowest BCUT2D eigenvalue weighted by Crippen LogP contribution is -2.64. The molecular formula is C55H70N4O12. The Balaban J connectivity index is 1.00. The Kier molecular flexibility index (Phi) is 15.6. The van der Waals surface area contributed by atoms with Crippen molar-refractivity contribution in [1.82, 2.24) is 20.9 Å². The van der Waals surface area contributed by atoms with Crippen LogP contribution in [0.4, 0.5) is 0 Å². The van der Waals surface area contributed by atoms with Crippen molar-refractivity contribution in [3.05, 3.63) is 95.6 Å². The number of ether oxygens (including phenoxy) is 2. The second kappa shape index (κ2) is 21.0. The Hall–Kier alpha value is -6.00. The first-order valence-corrected chi connectivity index (χ1v) is 25.2. The first-order chi connectivity index (χ1) is 33.6. The number of fused-ring (bicyclic) bond motifs is 5. The van der Waals surface area contributed by atoms with Crippen LogP contribution in [0.5, 0.6) is 0 Å². The average molecular weight is 979 g/mol. The number of Topliss-reactive ketones (excluding diaryl/α,β-unsaturated/α-hetero) is 1. The molecule has 5 aliphatic rings. The van der Waals surface area contributed by atoms with Gasteiger partial charge in [0.05, 0.1) is 12.0 Å². The highest BCUT2D eigenvalue weighted by Gasteiger charge is 2.72. The number of nitrogens with one attached hydrogen (secondary N) is 3. The molecule has 2 aromatic rings. The van der Waals surface area contributed by atoms with E-state index in [1.165, 1.54) is 24.8 Å². The van der Waals surface area contributed by atoms with E-state index in [9.17, 15) is 48.6 Å². The van der Waals surface area contributed by atoms with Crippen molar-refractivity contribution in [2.45, 2.75) is 148 Å². The summed E-state index contributed by atoms with van der Waals surface area (Å²) in [5.41, 5.74) is -1.35. The predicted molar refractivity (Wildman–Crippen MR) is 260 cm³/mol. The van der Waals surface area contributed by atoms with E-state index < -0.39 is 106 Å². The van der Waals surface area contributed by atoms with Crippen molar-refractivity contribution >= 4 is 47.1 Å². The molecule has 5 N–H and O–H groups in total. The van der Waals surface area contributed by atoms with Crippen LogP contribution in [0.15, 0.2) is 84.5 Å². The zero-order valence-electron chi connectivity index (χ0n) is 42.0. The third kappa shape index (κ3) is 9.98. The summed E-state index contributed by atoms with van der Waals surface area (Å²) in [5, 5.41) is 31.8. The molecule has 0 radical (unpaired) electrons. The highest BCUT2D eigenvalue weighted by molar-refractivity contribution is 6.01. The molecule has 1 unspecified atom stereocenters. The number of amides is 4. The van der Waals surface area contributed by atoms with Gasteiger partial charge in [0, 0.05) is 29.7 Å². The minimum Gasteiger partial charge on any atom is -0.450 e. The summed E-state index contributed by atoms with van der Waals surface area (Å²) in [6, 6.07) is 13.8. The molecule has 4 amide bonds. The van der Waals surface area contributed by atoms with Gasteiger partial charge in [0.25, 0.3) is 6.29 Å². The molecule has 1 heterocycles. The Morgan fingerprint density at radius 2 is 1.48 bits per heavy atom. The van der Waals surface area contributed by atoms with Crippen molar-refractivity contribution in [2.75, 3.05) is 6.54 Å². The second-order valence-corrected chi connectivity index (χ2v) is 21.2. The number of nitrogens with zero attached hydrogens (tertiary/aromatic N) is 1. The SMILES string of the molecule is CCC(=O)O[C@]1(C(=O)C(O)OC(=O)[C@@H](NC(=O)[C@@H]2CCCN2C(=O)[C@H](C)NC(=O)[C@H](C)NC(=O)C(c2ccccc2)c2ccccc2)C(C)C)CC[C@H]2[C@@H]3C[C@H](C)C4=CC(=O)C=C[C@]4(C)[C@H]3[C@@H](O)C[C@@]21C. The van der Waals surface area contributed by atoms with Crippen LogP contribution in [-0.2, 0) is 47.8 Å². The second-order valence-electron chi connectivity index (χ2n) is 21.2. The lowest BCUT2D eigenvalue weighted by Gasteiger charge is -2.61. The van der Waals surface area contributed by atoms with Gasteiger partial charge in [-0.25, -0.2) is 4.79 Å². The normalized spacial score (nSPS) is 30.4. The van der Waals surface area contributed by atoms with Gasteiger partial charge in [0.2, 0.25) is 29.4 Å². The molecule has 16 nitrogen and oxygen atoms in total. The lowest BCUT2D eigenvalue weighted by atomic mass is 9.44. The average Bonchev–Trinajstić information content (AvgIpc) is 3.94. The quantitative estimate of drug-likeness (QED) is 0.115. The third-order valence-electron chi connectivity index (χ3n) is 16.4. The minimum atomic E-state index is -2.41. The van der Waals surface area contributed by atoms with Gasteiger partial charge in [0.15, 0.2) is 11.4 Å². The van der Waals surface area contributed by atoms with Crippen LogP contribution in [0.3, 0.4) is 0 Å². The number of carbonyl (C=O) groups is 8. The number of aliphatic hydroxyl groups is 2.